The Hall–Kier alpha value is -1.26. The highest BCUT2D eigenvalue weighted by Crippen LogP contribution is 2.29. The van der Waals surface area contributed by atoms with E-state index in [0.717, 1.165) is 5.56 Å². The number of hydrogen-bond donors (Lipinski definition) is 2. The summed E-state index contributed by atoms with van der Waals surface area (Å²) in [6, 6.07) is 5.83. The van der Waals surface area contributed by atoms with E-state index < -0.39 is 0 Å². The molecular formula is C15H25NO3. The molecule has 0 amide bonds. The molecule has 1 aromatic rings. The topological polar surface area (TPSA) is 50.7 Å². The fourth-order valence-electron chi connectivity index (χ4n) is 1.89. The van der Waals surface area contributed by atoms with Crippen molar-refractivity contribution in [2.45, 2.75) is 33.4 Å². The lowest BCUT2D eigenvalue weighted by Gasteiger charge is -2.22. The molecule has 0 saturated heterocycles. The molecule has 2 N–H and O–H groups in total. The van der Waals surface area contributed by atoms with E-state index in [2.05, 4.69) is 19.2 Å². The van der Waals surface area contributed by atoms with Crippen LogP contribution in [0.25, 0.3) is 0 Å². The summed E-state index contributed by atoms with van der Waals surface area (Å²) in [6.45, 7) is 7.99. The van der Waals surface area contributed by atoms with E-state index in [1.54, 1.807) is 13.2 Å². The Morgan fingerprint density at radius 2 is 2.05 bits per heavy atom. The average molecular weight is 267 g/mol. The highest BCUT2D eigenvalue weighted by atomic mass is 16.5. The summed E-state index contributed by atoms with van der Waals surface area (Å²) in [5.41, 5.74) is 0.840. The molecule has 0 aliphatic rings. The van der Waals surface area contributed by atoms with Crippen LogP contribution in [0.4, 0.5) is 0 Å². The van der Waals surface area contributed by atoms with Crippen LogP contribution in [0.2, 0.25) is 0 Å². The zero-order valence-electron chi connectivity index (χ0n) is 12.3. The van der Waals surface area contributed by atoms with Gasteiger partial charge < -0.3 is 19.9 Å². The fourth-order valence-corrected chi connectivity index (χ4v) is 1.89. The maximum Gasteiger partial charge on any atom is 0.162 e. The molecule has 1 aromatic carbocycles. The number of aromatic hydroxyl groups is 1. The second-order valence-electron chi connectivity index (χ2n) is 4.88. The first-order chi connectivity index (χ1) is 9.10. The summed E-state index contributed by atoms with van der Waals surface area (Å²) in [5, 5.41) is 13.5. The number of methoxy groups -OCH3 is 1. The maximum atomic E-state index is 10.1. The van der Waals surface area contributed by atoms with E-state index in [4.69, 9.17) is 9.47 Å². The molecule has 1 unspecified atom stereocenters. The molecule has 0 aliphatic heterocycles. The van der Waals surface area contributed by atoms with E-state index in [9.17, 15) is 5.11 Å². The van der Waals surface area contributed by atoms with Gasteiger partial charge in [-0.2, -0.15) is 0 Å². The number of benzene rings is 1. The molecule has 0 aromatic heterocycles. The predicted octanol–water partition coefficient (Wildman–Crippen LogP) is 2.55. The van der Waals surface area contributed by atoms with Crippen molar-refractivity contribution in [1.29, 1.82) is 0 Å². The summed E-state index contributed by atoms with van der Waals surface area (Å²) in [4.78, 5) is 0. The summed E-state index contributed by atoms with van der Waals surface area (Å²) in [5.74, 6) is 1.23. The van der Waals surface area contributed by atoms with Crippen LogP contribution >= 0.6 is 0 Å². The SMILES string of the molecule is CCOc1cccc(CNC(COC)C(C)C)c1O. The van der Waals surface area contributed by atoms with Crippen LogP contribution in [0.15, 0.2) is 18.2 Å². The van der Waals surface area contributed by atoms with Crippen LogP contribution in [0.3, 0.4) is 0 Å². The molecule has 0 saturated carbocycles. The van der Waals surface area contributed by atoms with E-state index in [1.807, 2.05) is 19.1 Å². The lowest BCUT2D eigenvalue weighted by molar-refractivity contribution is 0.146. The predicted molar refractivity (Wildman–Crippen MR) is 76.6 cm³/mol. The minimum atomic E-state index is 0.219. The molecule has 0 spiro atoms. The fraction of sp³-hybridized carbons (Fsp3) is 0.600. The van der Waals surface area contributed by atoms with Gasteiger partial charge in [-0.15, -0.1) is 0 Å². The highest BCUT2D eigenvalue weighted by molar-refractivity contribution is 5.45. The Bertz CT molecular complexity index is 380. The van der Waals surface area contributed by atoms with E-state index in [0.29, 0.717) is 31.4 Å². The van der Waals surface area contributed by atoms with E-state index in [-0.39, 0.29) is 11.8 Å². The standard InChI is InChI=1S/C15H25NO3/c1-5-19-14-8-6-7-12(15(14)17)9-16-13(10-18-4)11(2)3/h6-8,11,13,16-17H,5,9-10H2,1-4H3. The van der Waals surface area contributed by atoms with Gasteiger partial charge in [0.05, 0.1) is 13.2 Å². The van der Waals surface area contributed by atoms with Crippen LogP contribution in [0.5, 0.6) is 11.5 Å². The molecule has 108 valence electrons. The molecule has 1 atom stereocenters. The molecule has 0 bridgehead atoms. The summed E-state index contributed by atoms with van der Waals surface area (Å²) in [7, 11) is 1.70. The molecule has 0 heterocycles. The van der Waals surface area contributed by atoms with Gasteiger partial charge in [-0.1, -0.05) is 26.0 Å². The number of phenols is 1. The Kier molecular flexibility index (Phi) is 6.67. The molecule has 1 rings (SSSR count). The number of ether oxygens (including phenoxy) is 2. The number of nitrogens with one attached hydrogen (secondary N) is 1. The highest BCUT2D eigenvalue weighted by Gasteiger charge is 2.14. The normalized spacial score (nSPS) is 12.7. The Morgan fingerprint density at radius 3 is 2.63 bits per heavy atom. The van der Waals surface area contributed by atoms with Crippen molar-refractivity contribution in [3.05, 3.63) is 23.8 Å². The van der Waals surface area contributed by atoms with Gasteiger partial charge in [0.15, 0.2) is 11.5 Å². The quantitative estimate of drug-likeness (QED) is 0.760. The Morgan fingerprint density at radius 1 is 1.32 bits per heavy atom. The average Bonchev–Trinajstić information content (AvgIpc) is 2.38. The van der Waals surface area contributed by atoms with Gasteiger partial charge in [0.1, 0.15) is 0 Å². The first-order valence-corrected chi connectivity index (χ1v) is 6.76. The largest absolute Gasteiger partial charge is 0.504 e. The monoisotopic (exact) mass is 267 g/mol. The molecule has 0 fully saturated rings. The lowest BCUT2D eigenvalue weighted by atomic mass is 10.0. The van der Waals surface area contributed by atoms with Gasteiger partial charge in [0, 0.05) is 25.3 Å². The van der Waals surface area contributed by atoms with Crippen molar-refractivity contribution in [2.24, 2.45) is 5.92 Å². The Labute approximate surface area is 115 Å². The van der Waals surface area contributed by atoms with E-state index in [1.165, 1.54) is 0 Å². The van der Waals surface area contributed by atoms with Crippen molar-refractivity contribution >= 4 is 0 Å². The van der Waals surface area contributed by atoms with Gasteiger partial charge in [-0.05, 0) is 18.9 Å². The lowest BCUT2D eigenvalue weighted by Crippen LogP contribution is -2.37. The molecule has 0 aliphatic carbocycles. The van der Waals surface area contributed by atoms with Crippen LogP contribution in [-0.4, -0.2) is 31.5 Å². The van der Waals surface area contributed by atoms with Crippen molar-refractivity contribution in [3.8, 4) is 11.5 Å². The first kappa shape index (κ1) is 15.8. The number of para-hydroxylation sites is 1. The minimum Gasteiger partial charge on any atom is -0.504 e. The van der Waals surface area contributed by atoms with Gasteiger partial charge in [-0.3, -0.25) is 0 Å². The zero-order chi connectivity index (χ0) is 14.3. The van der Waals surface area contributed by atoms with Crippen molar-refractivity contribution < 1.29 is 14.6 Å². The third-order valence-electron chi connectivity index (χ3n) is 3.09. The number of hydrogen-bond acceptors (Lipinski definition) is 4. The van der Waals surface area contributed by atoms with Gasteiger partial charge in [0.25, 0.3) is 0 Å². The van der Waals surface area contributed by atoms with Gasteiger partial charge >= 0.3 is 0 Å². The summed E-state index contributed by atoms with van der Waals surface area (Å²) >= 11 is 0. The minimum absolute atomic E-state index is 0.219. The van der Waals surface area contributed by atoms with Crippen molar-refractivity contribution in [1.82, 2.24) is 5.32 Å². The van der Waals surface area contributed by atoms with Gasteiger partial charge in [0.2, 0.25) is 0 Å². The molecular weight excluding hydrogens is 242 g/mol. The van der Waals surface area contributed by atoms with Crippen LogP contribution in [-0.2, 0) is 11.3 Å². The molecule has 0 radical (unpaired) electrons. The number of phenolic OH excluding ortho intramolecular Hbond substituents is 1. The Balaban J connectivity index is 2.68. The van der Waals surface area contributed by atoms with Crippen molar-refractivity contribution in [3.63, 3.8) is 0 Å². The van der Waals surface area contributed by atoms with Crippen LogP contribution in [0, 0.1) is 5.92 Å². The zero-order valence-corrected chi connectivity index (χ0v) is 12.3. The van der Waals surface area contributed by atoms with Crippen LogP contribution in [0.1, 0.15) is 26.3 Å². The summed E-state index contributed by atoms with van der Waals surface area (Å²) in [6.07, 6.45) is 0. The molecule has 4 nitrogen and oxygen atoms in total. The second-order valence-corrected chi connectivity index (χ2v) is 4.88. The second kappa shape index (κ2) is 8.02. The van der Waals surface area contributed by atoms with Crippen molar-refractivity contribution in [2.75, 3.05) is 20.3 Å². The third-order valence-corrected chi connectivity index (χ3v) is 3.09. The molecule has 19 heavy (non-hydrogen) atoms. The summed E-state index contributed by atoms with van der Waals surface area (Å²) < 4.78 is 10.6. The molecule has 4 heteroatoms. The maximum absolute atomic E-state index is 10.1. The smallest absolute Gasteiger partial charge is 0.162 e. The first-order valence-electron chi connectivity index (χ1n) is 6.76. The third kappa shape index (κ3) is 4.73. The van der Waals surface area contributed by atoms with Crippen LogP contribution < -0.4 is 10.1 Å². The van der Waals surface area contributed by atoms with E-state index >= 15 is 0 Å². The number of rotatable bonds is 8. The van der Waals surface area contributed by atoms with Gasteiger partial charge in [-0.25, -0.2) is 0 Å².